The lowest BCUT2D eigenvalue weighted by Crippen LogP contribution is -2.33. The van der Waals surface area contributed by atoms with E-state index in [1.807, 2.05) is 0 Å². The van der Waals surface area contributed by atoms with Gasteiger partial charge in [-0.15, -0.1) is 0 Å². The minimum Gasteiger partial charge on any atom is -0.368 e. The van der Waals surface area contributed by atoms with Gasteiger partial charge in [0.05, 0.1) is 17.2 Å². The Morgan fingerprint density at radius 3 is 2.48 bits per heavy atom. The highest BCUT2D eigenvalue weighted by Crippen LogP contribution is 2.32. The number of pyridine rings is 1. The Morgan fingerprint density at radius 1 is 1.02 bits per heavy atom. The van der Waals surface area contributed by atoms with E-state index in [2.05, 4.69) is 25.3 Å². The number of rotatable bonds is 9. The molecule has 2 aromatic carbocycles. The van der Waals surface area contributed by atoms with E-state index in [0.717, 1.165) is 12.3 Å². The number of anilines is 2. The number of aromatic nitrogens is 5. The fourth-order valence-corrected chi connectivity index (χ4v) is 5.47. The molecule has 44 heavy (non-hydrogen) atoms. The second kappa shape index (κ2) is 12.0. The highest BCUT2D eigenvalue weighted by molar-refractivity contribution is 7.89. The van der Waals surface area contributed by atoms with Gasteiger partial charge in [-0.05, 0) is 36.8 Å². The van der Waals surface area contributed by atoms with Gasteiger partial charge in [-0.1, -0.05) is 31.2 Å². The van der Waals surface area contributed by atoms with Crippen molar-refractivity contribution in [1.82, 2.24) is 29.2 Å². The Balaban J connectivity index is 1.61. The fourth-order valence-electron chi connectivity index (χ4n) is 4.47. The summed E-state index contributed by atoms with van der Waals surface area (Å²) < 4.78 is 80.7. The molecule has 1 atom stereocenters. The zero-order valence-corrected chi connectivity index (χ0v) is 23.7. The van der Waals surface area contributed by atoms with Gasteiger partial charge >= 0.3 is 6.18 Å². The summed E-state index contributed by atoms with van der Waals surface area (Å²) in [7, 11) is -4.58. The van der Waals surface area contributed by atoms with E-state index >= 15 is 0 Å². The van der Waals surface area contributed by atoms with Crippen LogP contribution in [0.1, 0.15) is 25.2 Å². The lowest BCUT2D eigenvalue weighted by molar-refractivity contribution is -0.121. The zero-order chi connectivity index (χ0) is 31.6. The number of hydrogen-bond donors (Lipinski definition) is 3. The van der Waals surface area contributed by atoms with E-state index in [0.29, 0.717) is 12.1 Å². The predicted molar refractivity (Wildman–Crippen MR) is 155 cm³/mol. The average molecular weight is 629 g/mol. The van der Waals surface area contributed by atoms with Crippen LogP contribution in [0.5, 0.6) is 0 Å². The first-order valence-corrected chi connectivity index (χ1v) is 14.5. The molecule has 0 bridgehead atoms. The number of nitrogen functional groups attached to an aromatic ring is 1. The molecule has 0 saturated heterocycles. The monoisotopic (exact) mass is 628 g/mol. The molecule has 0 fully saturated rings. The molecule has 0 amide bonds. The third-order valence-electron chi connectivity index (χ3n) is 6.52. The number of halogens is 4. The number of benzene rings is 2. The van der Waals surface area contributed by atoms with Gasteiger partial charge in [0.15, 0.2) is 0 Å². The van der Waals surface area contributed by atoms with Crippen LogP contribution in [0.15, 0.2) is 82.9 Å². The molecular formula is C28H24F4N8O3S. The summed E-state index contributed by atoms with van der Waals surface area (Å²) >= 11 is 0. The van der Waals surface area contributed by atoms with Crippen molar-refractivity contribution in [3.8, 4) is 16.8 Å². The molecule has 0 aliphatic heterocycles. The molecule has 5 aromatic rings. The molecular weight excluding hydrogens is 604 g/mol. The Hall–Kier alpha value is -4.96. The van der Waals surface area contributed by atoms with Crippen molar-refractivity contribution in [3.05, 3.63) is 95.2 Å². The van der Waals surface area contributed by atoms with Gasteiger partial charge in [0.2, 0.25) is 16.0 Å². The maximum Gasteiger partial charge on any atom is 0.402 e. The summed E-state index contributed by atoms with van der Waals surface area (Å²) in [5.41, 5.74) is 6.16. The minimum absolute atomic E-state index is 0.0946. The summed E-state index contributed by atoms with van der Waals surface area (Å²) in [6.07, 6.45) is -0.961. The zero-order valence-electron chi connectivity index (χ0n) is 22.9. The molecule has 0 radical (unpaired) electrons. The fraction of sp³-hybridized carbons (Fsp3) is 0.179. The molecule has 16 heteroatoms. The summed E-state index contributed by atoms with van der Waals surface area (Å²) in [6, 6.07) is 13.0. The van der Waals surface area contributed by atoms with Crippen molar-refractivity contribution in [3.63, 3.8) is 0 Å². The maximum absolute atomic E-state index is 14.8. The van der Waals surface area contributed by atoms with Gasteiger partial charge in [-0.3, -0.25) is 14.3 Å². The maximum atomic E-state index is 14.8. The SMILES string of the molecule is CCC(Nc1nc(N)ncc1-c1cncc(S(=O)(=O)NCC(F)(F)F)c1)c1nc2cccc(F)c2c(=O)n1-c1ccccc1. The number of alkyl halides is 3. The summed E-state index contributed by atoms with van der Waals surface area (Å²) in [5.74, 6) is -0.563. The highest BCUT2D eigenvalue weighted by Gasteiger charge is 2.30. The number of nitrogens with zero attached hydrogens (tertiary/aromatic N) is 5. The lowest BCUT2D eigenvalue weighted by atomic mass is 10.1. The first kappa shape index (κ1) is 30.5. The Labute approximate surface area is 247 Å². The molecule has 3 heterocycles. The third kappa shape index (κ3) is 6.35. The Bertz CT molecular complexity index is 2000. The van der Waals surface area contributed by atoms with Crippen molar-refractivity contribution in [2.24, 2.45) is 0 Å². The van der Waals surface area contributed by atoms with Crippen molar-refractivity contribution < 1.29 is 26.0 Å². The van der Waals surface area contributed by atoms with Crippen LogP contribution in [-0.4, -0.2) is 45.6 Å². The number of hydrogen-bond acceptors (Lipinski definition) is 9. The van der Waals surface area contributed by atoms with Gasteiger partial charge in [0.25, 0.3) is 5.56 Å². The van der Waals surface area contributed by atoms with Crippen LogP contribution in [-0.2, 0) is 10.0 Å². The quantitative estimate of drug-likeness (QED) is 0.202. The van der Waals surface area contributed by atoms with E-state index in [1.54, 1.807) is 37.3 Å². The smallest absolute Gasteiger partial charge is 0.368 e. The van der Waals surface area contributed by atoms with Crippen molar-refractivity contribution in [2.75, 3.05) is 17.6 Å². The van der Waals surface area contributed by atoms with Gasteiger partial charge in [0, 0.05) is 29.7 Å². The summed E-state index contributed by atoms with van der Waals surface area (Å²) in [4.78, 5) is 30.0. The van der Waals surface area contributed by atoms with Crippen LogP contribution in [0, 0.1) is 5.82 Å². The molecule has 1 unspecified atom stereocenters. The molecule has 0 aliphatic rings. The predicted octanol–water partition coefficient (Wildman–Crippen LogP) is 4.36. The van der Waals surface area contributed by atoms with E-state index in [1.165, 1.54) is 39.9 Å². The summed E-state index contributed by atoms with van der Waals surface area (Å²) in [5, 5.41) is 2.99. The third-order valence-corrected chi connectivity index (χ3v) is 7.89. The van der Waals surface area contributed by atoms with E-state index in [-0.39, 0.29) is 39.6 Å². The van der Waals surface area contributed by atoms with Crippen LogP contribution in [0.2, 0.25) is 0 Å². The lowest BCUT2D eigenvalue weighted by Gasteiger charge is -2.23. The normalized spacial score (nSPS) is 12.8. The van der Waals surface area contributed by atoms with E-state index < -0.39 is 45.1 Å². The van der Waals surface area contributed by atoms with E-state index in [9.17, 15) is 30.8 Å². The Kier molecular flexibility index (Phi) is 8.29. The number of para-hydroxylation sites is 1. The van der Waals surface area contributed by atoms with Gasteiger partial charge in [-0.25, -0.2) is 27.5 Å². The average Bonchev–Trinajstić information content (AvgIpc) is 2.99. The van der Waals surface area contributed by atoms with Crippen LogP contribution in [0.4, 0.5) is 29.3 Å². The highest BCUT2D eigenvalue weighted by atomic mass is 32.2. The number of fused-ring (bicyclic) bond motifs is 1. The largest absolute Gasteiger partial charge is 0.402 e. The number of sulfonamides is 1. The molecule has 0 spiro atoms. The summed E-state index contributed by atoms with van der Waals surface area (Å²) in [6.45, 7) is 0.0432. The molecule has 228 valence electrons. The molecule has 5 rings (SSSR count). The van der Waals surface area contributed by atoms with Crippen LogP contribution in [0.3, 0.4) is 0 Å². The van der Waals surface area contributed by atoms with Gasteiger partial charge in [-0.2, -0.15) is 18.2 Å². The standard InChI is InChI=1S/C28H24F4N8O3S/c1-2-21(25-38-22-10-6-9-20(29)23(22)26(41)40(25)17-7-4-3-5-8-17)37-24-19(14-35-27(33)39-24)16-11-18(13-34-12-16)44(42,43)36-15-28(30,31)32/h3-14,21,36H,2,15H2,1H3,(H3,33,35,37,39). The second-order valence-electron chi connectivity index (χ2n) is 9.52. The van der Waals surface area contributed by atoms with Gasteiger partial charge in [0.1, 0.15) is 34.3 Å². The first-order chi connectivity index (χ1) is 20.9. The van der Waals surface area contributed by atoms with Crippen molar-refractivity contribution in [2.45, 2.75) is 30.5 Å². The van der Waals surface area contributed by atoms with Crippen LogP contribution in [0.25, 0.3) is 27.7 Å². The number of nitrogens with two attached hydrogens (primary N) is 1. The topological polar surface area (TPSA) is 158 Å². The molecule has 0 saturated carbocycles. The molecule has 4 N–H and O–H groups in total. The van der Waals surface area contributed by atoms with Crippen LogP contribution >= 0.6 is 0 Å². The molecule has 0 aliphatic carbocycles. The van der Waals surface area contributed by atoms with Gasteiger partial charge < -0.3 is 11.1 Å². The van der Waals surface area contributed by atoms with Crippen molar-refractivity contribution in [1.29, 1.82) is 0 Å². The minimum atomic E-state index is -4.77. The van der Waals surface area contributed by atoms with Crippen molar-refractivity contribution >= 4 is 32.7 Å². The number of nitrogens with one attached hydrogen (secondary N) is 2. The first-order valence-electron chi connectivity index (χ1n) is 13.1. The molecule has 3 aromatic heterocycles. The van der Waals surface area contributed by atoms with E-state index in [4.69, 9.17) is 5.73 Å². The molecule has 11 nitrogen and oxygen atoms in total. The Morgan fingerprint density at radius 2 is 1.77 bits per heavy atom. The van der Waals surface area contributed by atoms with Crippen LogP contribution < -0.4 is 21.3 Å². The second-order valence-corrected chi connectivity index (χ2v) is 11.3.